The van der Waals surface area contributed by atoms with E-state index >= 15 is 0 Å². The van der Waals surface area contributed by atoms with E-state index in [0.717, 1.165) is 19.3 Å². The summed E-state index contributed by atoms with van der Waals surface area (Å²) in [5, 5.41) is 17.5. The fraction of sp³-hybridized carbons (Fsp3) is 0.381. The second kappa shape index (κ2) is 7.61. The third-order valence-electron chi connectivity index (χ3n) is 5.72. The van der Waals surface area contributed by atoms with E-state index in [1.807, 2.05) is 6.07 Å². The van der Waals surface area contributed by atoms with Crippen LogP contribution in [0.2, 0.25) is 0 Å². The lowest BCUT2D eigenvalue weighted by molar-refractivity contribution is 0.423. The number of H-pyrrole nitrogens is 1. The van der Waals surface area contributed by atoms with Gasteiger partial charge in [0.25, 0.3) is 5.56 Å². The molecule has 0 spiro atoms. The number of benzene rings is 1. The molecule has 2 unspecified atom stereocenters. The first-order chi connectivity index (χ1) is 14.3. The minimum atomic E-state index is -2.86. The van der Waals surface area contributed by atoms with Gasteiger partial charge in [0, 0.05) is 22.0 Å². The van der Waals surface area contributed by atoms with Gasteiger partial charge in [-0.25, -0.2) is 8.99 Å². The van der Waals surface area contributed by atoms with Crippen molar-refractivity contribution in [1.82, 2.24) is 14.8 Å². The number of aromatic amines is 1. The third kappa shape index (κ3) is 3.37. The molecule has 0 aliphatic heterocycles. The maximum Gasteiger partial charge on any atom is 0.261 e. The molecular weight excluding hydrogens is 400 g/mol. The number of rotatable bonds is 5. The summed E-state index contributed by atoms with van der Waals surface area (Å²) in [6.45, 7) is 3.54. The van der Waals surface area contributed by atoms with Gasteiger partial charge in [-0.3, -0.25) is 9.48 Å². The topological polar surface area (TPSA) is 127 Å². The summed E-state index contributed by atoms with van der Waals surface area (Å²) in [6.07, 6.45) is 4.23. The SMILES string of the molecule is CC(C)S(=N)(=O)c1ccc(Nc2nn([C@H]3CCCC3C#N)c3cc[nH]c(=O)c23)cc1. The molecule has 156 valence electrons. The number of hydrogen-bond donors (Lipinski definition) is 3. The van der Waals surface area contributed by atoms with Crippen LogP contribution in [-0.4, -0.2) is 24.2 Å². The van der Waals surface area contributed by atoms with Crippen LogP contribution < -0.4 is 10.9 Å². The van der Waals surface area contributed by atoms with Crippen molar-refractivity contribution in [3.05, 3.63) is 46.9 Å². The smallest absolute Gasteiger partial charge is 0.261 e. The molecule has 3 aromatic rings. The molecule has 30 heavy (non-hydrogen) atoms. The number of hydrogen-bond acceptors (Lipinski definition) is 6. The van der Waals surface area contributed by atoms with Gasteiger partial charge in [0.05, 0.1) is 33.3 Å². The molecule has 1 aliphatic carbocycles. The van der Waals surface area contributed by atoms with Gasteiger partial charge in [0.15, 0.2) is 5.82 Å². The van der Waals surface area contributed by atoms with Crippen molar-refractivity contribution in [2.45, 2.75) is 49.3 Å². The van der Waals surface area contributed by atoms with E-state index < -0.39 is 9.73 Å². The summed E-state index contributed by atoms with van der Waals surface area (Å²) in [4.78, 5) is 15.7. The van der Waals surface area contributed by atoms with Crippen LogP contribution in [-0.2, 0) is 9.73 Å². The van der Waals surface area contributed by atoms with E-state index in [0.29, 0.717) is 27.3 Å². The van der Waals surface area contributed by atoms with Crippen LogP contribution in [0.4, 0.5) is 11.5 Å². The predicted molar refractivity (Wildman–Crippen MR) is 116 cm³/mol. The number of fused-ring (bicyclic) bond motifs is 1. The average molecular weight is 425 g/mol. The zero-order valence-corrected chi connectivity index (χ0v) is 17.7. The van der Waals surface area contributed by atoms with Crippen LogP contribution >= 0.6 is 0 Å². The molecule has 0 radical (unpaired) electrons. The van der Waals surface area contributed by atoms with Crippen LogP contribution in [0.25, 0.3) is 10.9 Å². The lowest BCUT2D eigenvalue weighted by atomic mass is 10.1. The minimum absolute atomic E-state index is 0.0590. The predicted octanol–water partition coefficient (Wildman–Crippen LogP) is 4.15. The van der Waals surface area contributed by atoms with Gasteiger partial charge >= 0.3 is 0 Å². The van der Waals surface area contributed by atoms with Gasteiger partial charge in [-0.15, -0.1) is 0 Å². The molecular formula is C21H24N6O2S. The number of nitrogens with one attached hydrogen (secondary N) is 3. The molecule has 1 aliphatic rings. The van der Waals surface area contributed by atoms with Crippen LogP contribution in [0.15, 0.2) is 46.2 Å². The monoisotopic (exact) mass is 424 g/mol. The summed E-state index contributed by atoms with van der Waals surface area (Å²) in [7, 11) is -2.86. The number of anilines is 2. The van der Waals surface area contributed by atoms with Gasteiger partial charge in [-0.05, 0) is 63.4 Å². The van der Waals surface area contributed by atoms with Gasteiger partial charge in [-0.1, -0.05) is 0 Å². The molecule has 0 saturated heterocycles. The van der Waals surface area contributed by atoms with Crippen molar-refractivity contribution in [1.29, 1.82) is 10.0 Å². The second-order valence-electron chi connectivity index (χ2n) is 7.89. The summed E-state index contributed by atoms with van der Waals surface area (Å²) in [6, 6.07) is 10.9. The maximum absolute atomic E-state index is 12.6. The van der Waals surface area contributed by atoms with Crippen molar-refractivity contribution < 1.29 is 4.21 Å². The average Bonchev–Trinajstić information content (AvgIpc) is 3.33. The van der Waals surface area contributed by atoms with Crippen LogP contribution in [0.1, 0.15) is 39.2 Å². The maximum atomic E-state index is 12.6. The first kappa shape index (κ1) is 20.2. The Morgan fingerprint density at radius 3 is 2.70 bits per heavy atom. The van der Waals surface area contributed by atoms with Crippen molar-refractivity contribution in [3.63, 3.8) is 0 Å². The molecule has 2 heterocycles. The molecule has 1 fully saturated rings. The van der Waals surface area contributed by atoms with E-state index in [4.69, 9.17) is 4.78 Å². The van der Waals surface area contributed by atoms with Crippen molar-refractivity contribution in [2.24, 2.45) is 5.92 Å². The normalized spacial score (nSPS) is 20.9. The van der Waals surface area contributed by atoms with Crippen LogP contribution in [0, 0.1) is 22.0 Å². The molecule has 1 aromatic carbocycles. The Kier molecular flexibility index (Phi) is 5.12. The molecule has 2 aromatic heterocycles. The van der Waals surface area contributed by atoms with Gasteiger partial charge < -0.3 is 10.3 Å². The molecule has 4 rings (SSSR count). The number of aromatic nitrogens is 3. The minimum Gasteiger partial charge on any atom is -0.338 e. The second-order valence-corrected chi connectivity index (χ2v) is 10.5. The first-order valence-electron chi connectivity index (χ1n) is 9.97. The molecule has 0 amide bonds. The van der Waals surface area contributed by atoms with Crippen molar-refractivity contribution in [2.75, 3.05) is 5.32 Å². The first-order valence-corrected chi connectivity index (χ1v) is 11.6. The highest BCUT2D eigenvalue weighted by atomic mass is 32.2. The van der Waals surface area contributed by atoms with E-state index in [9.17, 15) is 14.3 Å². The molecule has 3 N–H and O–H groups in total. The third-order valence-corrected chi connectivity index (χ3v) is 8.02. The molecule has 3 atom stereocenters. The Morgan fingerprint density at radius 2 is 2.03 bits per heavy atom. The Balaban J connectivity index is 1.74. The standard InChI is InChI=1S/C21H24N6O2S/c1-13(2)30(23,29)16-8-6-15(7-9-16)25-20-19-18(10-11-24-21(19)28)27(26-20)17-5-3-4-14(17)12-22/h6-11,13-14,17,23H,3-5H2,1-2H3,(H,24,28)(H,25,26)/t14?,17-,30?/m0/s1. The highest BCUT2D eigenvalue weighted by molar-refractivity contribution is 7.93. The summed E-state index contributed by atoms with van der Waals surface area (Å²) in [5.41, 5.74) is 1.12. The molecule has 1 saturated carbocycles. The summed E-state index contributed by atoms with van der Waals surface area (Å²) < 4.78 is 22.5. The zero-order chi connectivity index (χ0) is 21.5. The molecule has 8 nitrogen and oxygen atoms in total. The van der Waals surface area contributed by atoms with Gasteiger partial charge in [0.1, 0.15) is 5.39 Å². The molecule has 0 bridgehead atoms. The quantitative estimate of drug-likeness (QED) is 0.567. The highest BCUT2D eigenvalue weighted by Crippen LogP contribution is 2.38. The summed E-state index contributed by atoms with van der Waals surface area (Å²) >= 11 is 0. The van der Waals surface area contributed by atoms with Crippen LogP contribution in [0.3, 0.4) is 0 Å². The molecule has 9 heteroatoms. The number of nitriles is 1. The Labute approximate surface area is 174 Å². The Bertz CT molecular complexity index is 1280. The number of nitrogens with zero attached hydrogens (tertiary/aromatic N) is 3. The fourth-order valence-electron chi connectivity index (χ4n) is 3.97. The van der Waals surface area contributed by atoms with E-state index in [-0.39, 0.29) is 22.8 Å². The highest BCUT2D eigenvalue weighted by Gasteiger charge is 2.31. The van der Waals surface area contributed by atoms with E-state index in [2.05, 4.69) is 21.5 Å². The van der Waals surface area contributed by atoms with Crippen molar-refractivity contribution >= 4 is 32.1 Å². The fourth-order valence-corrected chi connectivity index (χ4v) is 5.06. The zero-order valence-electron chi connectivity index (χ0n) is 16.9. The van der Waals surface area contributed by atoms with Gasteiger partial charge in [0.2, 0.25) is 0 Å². The van der Waals surface area contributed by atoms with Crippen molar-refractivity contribution in [3.8, 4) is 6.07 Å². The lowest BCUT2D eigenvalue weighted by Gasteiger charge is -2.15. The van der Waals surface area contributed by atoms with Crippen LogP contribution in [0.5, 0.6) is 0 Å². The van der Waals surface area contributed by atoms with Gasteiger partial charge in [-0.2, -0.15) is 10.4 Å². The summed E-state index contributed by atoms with van der Waals surface area (Å²) in [5.74, 6) is 0.291. The van der Waals surface area contributed by atoms with E-state index in [1.54, 1.807) is 49.0 Å². The Morgan fingerprint density at radius 1 is 1.30 bits per heavy atom. The van der Waals surface area contributed by atoms with E-state index in [1.165, 1.54) is 0 Å². The lowest BCUT2D eigenvalue weighted by Crippen LogP contribution is -2.14. The Hall–Kier alpha value is -3.12. The largest absolute Gasteiger partial charge is 0.338 e. The number of pyridine rings is 1.